The van der Waals surface area contributed by atoms with Crippen LogP contribution in [0.25, 0.3) is 0 Å². The number of aryl methyl sites for hydroxylation is 1. The molecule has 0 spiro atoms. The minimum Gasteiger partial charge on any atom is -0.263 e. The zero-order chi connectivity index (χ0) is 14.8. The Balaban J connectivity index is 2.30. The first-order valence-corrected chi connectivity index (χ1v) is 7.86. The highest BCUT2D eigenvalue weighted by Crippen LogP contribution is 2.19. The van der Waals surface area contributed by atoms with Gasteiger partial charge in [-0.1, -0.05) is 0 Å². The number of nitrogens with one attached hydrogen (secondary N) is 1. The summed E-state index contributed by atoms with van der Waals surface area (Å²) >= 11 is 3.30. The van der Waals surface area contributed by atoms with E-state index >= 15 is 0 Å². The minimum atomic E-state index is -3.71. The number of sulfonamides is 1. The lowest BCUT2D eigenvalue weighted by atomic mass is 10.2. The Labute approximate surface area is 125 Å². The molecule has 1 N–H and O–H groups in total. The highest BCUT2D eigenvalue weighted by molar-refractivity contribution is 9.10. The molecule has 0 atom stereocenters. The average molecular weight is 352 g/mol. The third-order valence-corrected chi connectivity index (χ3v) is 4.76. The van der Waals surface area contributed by atoms with E-state index in [9.17, 15) is 8.42 Å². The van der Waals surface area contributed by atoms with Crippen molar-refractivity contribution < 1.29 is 8.42 Å². The summed E-state index contributed by atoms with van der Waals surface area (Å²) in [6.45, 7) is 1.77. The van der Waals surface area contributed by atoms with Crippen LogP contribution >= 0.6 is 15.9 Å². The zero-order valence-electron chi connectivity index (χ0n) is 10.5. The Morgan fingerprint density at radius 1 is 1.20 bits per heavy atom. The van der Waals surface area contributed by atoms with Crippen molar-refractivity contribution in [2.45, 2.75) is 11.8 Å². The molecule has 0 aliphatic rings. The van der Waals surface area contributed by atoms with Gasteiger partial charge in [-0.3, -0.25) is 4.72 Å². The van der Waals surface area contributed by atoms with Gasteiger partial charge in [0.1, 0.15) is 5.82 Å². The largest absolute Gasteiger partial charge is 0.263 e. The van der Waals surface area contributed by atoms with Crippen LogP contribution in [0, 0.1) is 18.3 Å². The van der Waals surface area contributed by atoms with E-state index < -0.39 is 10.0 Å². The second-order valence-corrected chi connectivity index (χ2v) is 6.54. The monoisotopic (exact) mass is 351 g/mol. The van der Waals surface area contributed by atoms with Crippen molar-refractivity contribution in [1.29, 1.82) is 5.26 Å². The maximum atomic E-state index is 12.2. The predicted octanol–water partition coefficient (Wildman–Crippen LogP) is 2.83. The number of benzene rings is 1. The Hall–Kier alpha value is -1.91. The van der Waals surface area contributed by atoms with Gasteiger partial charge in [0.05, 0.1) is 22.2 Å². The number of halogens is 1. The Bertz CT molecular complexity index is 780. The minimum absolute atomic E-state index is 0.0823. The summed E-state index contributed by atoms with van der Waals surface area (Å²) in [7, 11) is -3.71. The fraction of sp³-hybridized carbons (Fsp3) is 0.0769. The highest BCUT2D eigenvalue weighted by Gasteiger charge is 2.15. The zero-order valence-corrected chi connectivity index (χ0v) is 12.9. The van der Waals surface area contributed by atoms with Gasteiger partial charge >= 0.3 is 0 Å². The summed E-state index contributed by atoms with van der Waals surface area (Å²) in [5, 5.41) is 8.69. The molecule has 7 heteroatoms. The fourth-order valence-electron chi connectivity index (χ4n) is 1.51. The molecule has 20 heavy (non-hydrogen) atoms. The number of nitrogens with zero attached hydrogens (tertiary/aromatic N) is 2. The number of hydrogen-bond acceptors (Lipinski definition) is 4. The van der Waals surface area contributed by atoms with E-state index in [2.05, 4.69) is 25.6 Å². The molecule has 0 aliphatic carbocycles. The number of aromatic nitrogens is 1. The molecule has 2 rings (SSSR count). The van der Waals surface area contributed by atoms with E-state index in [0.29, 0.717) is 11.3 Å². The van der Waals surface area contributed by atoms with Crippen LogP contribution in [0.4, 0.5) is 5.82 Å². The van der Waals surface area contributed by atoms with Gasteiger partial charge in [-0.25, -0.2) is 13.4 Å². The van der Waals surface area contributed by atoms with Crippen LogP contribution in [-0.4, -0.2) is 13.4 Å². The van der Waals surface area contributed by atoms with Crippen molar-refractivity contribution in [3.8, 4) is 6.07 Å². The van der Waals surface area contributed by atoms with Crippen molar-refractivity contribution in [3.05, 3.63) is 52.1 Å². The smallest absolute Gasteiger partial charge is 0.263 e. The molecule has 5 nitrogen and oxygen atoms in total. The third kappa shape index (κ3) is 3.15. The van der Waals surface area contributed by atoms with Crippen LogP contribution in [-0.2, 0) is 10.0 Å². The third-order valence-electron chi connectivity index (χ3n) is 2.55. The molecule has 0 amide bonds. The Morgan fingerprint density at radius 3 is 2.40 bits per heavy atom. The number of rotatable bonds is 3. The molecule has 0 unspecified atom stereocenters. The van der Waals surface area contributed by atoms with E-state index in [4.69, 9.17) is 5.26 Å². The molecule has 1 aromatic carbocycles. The summed E-state index contributed by atoms with van der Waals surface area (Å²) in [6.07, 6.45) is 0. The van der Waals surface area contributed by atoms with Crippen LogP contribution in [0.2, 0.25) is 0 Å². The number of hydrogen-bond donors (Lipinski definition) is 1. The van der Waals surface area contributed by atoms with Gasteiger partial charge in [0, 0.05) is 4.47 Å². The molecule has 0 aliphatic heterocycles. The maximum Gasteiger partial charge on any atom is 0.263 e. The standard InChI is InChI=1S/C13H10BrN3O2S/c1-9-12(14)6-7-13(16-9)17-20(18,19)11-4-2-10(8-15)3-5-11/h2-7H,1H3,(H,16,17). The molecule has 102 valence electrons. The number of anilines is 1. The Kier molecular flexibility index (Phi) is 4.06. The number of nitriles is 1. The topological polar surface area (TPSA) is 82.8 Å². The lowest BCUT2D eigenvalue weighted by molar-refractivity contribution is 0.601. The summed E-state index contributed by atoms with van der Waals surface area (Å²) in [5.74, 6) is 0.245. The van der Waals surface area contributed by atoms with Gasteiger partial charge in [-0.2, -0.15) is 5.26 Å². The first kappa shape index (κ1) is 14.5. The number of pyridine rings is 1. The van der Waals surface area contributed by atoms with Crippen LogP contribution in [0.3, 0.4) is 0 Å². The molecular formula is C13H10BrN3O2S. The second kappa shape index (κ2) is 5.61. The van der Waals surface area contributed by atoms with Crippen LogP contribution < -0.4 is 4.72 Å². The second-order valence-electron chi connectivity index (χ2n) is 4.01. The van der Waals surface area contributed by atoms with Crippen molar-refractivity contribution in [1.82, 2.24) is 4.98 Å². The Morgan fingerprint density at radius 2 is 1.85 bits per heavy atom. The van der Waals surface area contributed by atoms with E-state index in [1.165, 1.54) is 24.3 Å². The van der Waals surface area contributed by atoms with Crippen LogP contribution in [0.5, 0.6) is 0 Å². The van der Waals surface area contributed by atoms with Crippen molar-refractivity contribution in [2.75, 3.05) is 4.72 Å². The van der Waals surface area contributed by atoms with Gasteiger partial charge in [-0.15, -0.1) is 0 Å². The van der Waals surface area contributed by atoms with E-state index in [0.717, 1.165) is 4.47 Å². The lowest BCUT2D eigenvalue weighted by Gasteiger charge is -2.08. The van der Waals surface area contributed by atoms with Gasteiger partial charge in [0.2, 0.25) is 0 Å². The summed E-state index contributed by atoms with van der Waals surface area (Å²) < 4.78 is 27.5. The summed E-state index contributed by atoms with van der Waals surface area (Å²) in [5.41, 5.74) is 1.09. The SMILES string of the molecule is Cc1nc(NS(=O)(=O)c2ccc(C#N)cc2)ccc1Br. The molecule has 0 fully saturated rings. The van der Waals surface area contributed by atoms with Gasteiger partial charge in [0.15, 0.2) is 0 Å². The molecule has 0 saturated heterocycles. The average Bonchev–Trinajstić information content (AvgIpc) is 2.43. The molecule has 0 saturated carbocycles. The quantitative estimate of drug-likeness (QED) is 0.921. The van der Waals surface area contributed by atoms with E-state index in [1.54, 1.807) is 19.1 Å². The van der Waals surface area contributed by atoms with E-state index in [1.807, 2.05) is 6.07 Å². The highest BCUT2D eigenvalue weighted by atomic mass is 79.9. The normalized spacial score (nSPS) is 10.8. The maximum absolute atomic E-state index is 12.2. The summed E-state index contributed by atoms with van der Waals surface area (Å²) in [6, 6.07) is 10.9. The van der Waals surface area contributed by atoms with E-state index in [-0.39, 0.29) is 10.7 Å². The van der Waals surface area contributed by atoms with Crippen LogP contribution in [0.15, 0.2) is 45.8 Å². The predicted molar refractivity (Wildman–Crippen MR) is 78.6 cm³/mol. The summed E-state index contributed by atoms with van der Waals surface area (Å²) in [4.78, 5) is 4.21. The molecule has 1 heterocycles. The van der Waals surface area contributed by atoms with Crippen molar-refractivity contribution in [3.63, 3.8) is 0 Å². The molecule has 1 aromatic heterocycles. The van der Waals surface area contributed by atoms with Crippen molar-refractivity contribution >= 4 is 31.8 Å². The molecule has 0 bridgehead atoms. The lowest BCUT2D eigenvalue weighted by Crippen LogP contribution is -2.14. The van der Waals surface area contributed by atoms with Gasteiger partial charge in [-0.05, 0) is 59.3 Å². The van der Waals surface area contributed by atoms with Crippen molar-refractivity contribution in [2.24, 2.45) is 0 Å². The molecular weight excluding hydrogens is 342 g/mol. The van der Waals surface area contributed by atoms with Crippen LogP contribution in [0.1, 0.15) is 11.3 Å². The molecule has 2 aromatic rings. The fourth-order valence-corrected chi connectivity index (χ4v) is 2.73. The van der Waals surface area contributed by atoms with Gasteiger partial charge in [0.25, 0.3) is 10.0 Å². The first-order chi connectivity index (χ1) is 9.42. The molecule has 0 radical (unpaired) electrons. The van der Waals surface area contributed by atoms with Gasteiger partial charge < -0.3 is 0 Å². The first-order valence-electron chi connectivity index (χ1n) is 5.58.